The Balaban J connectivity index is 1.34. The number of anilines is 1. The summed E-state index contributed by atoms with van der Waals surface area (Å²) in [5.74, 6) is 0.485. The number of piperidine rings is 2. The summed E-state index contributed by atoms with van der Waals surface area (Å²) >= 11 is 0. The number of aromatic nitrogens is 1. The van der Waals surface area contributed by atoms with Gasteiger partial charge < -0.3 is 19.5 Å². The van der Waals surface area contributed by atoms with Crippen LogP contribution in [0.1, 0.15) is 25.7 Å². The standard InChI is InChI=1S/C19H26N4O2/c1-20-15-8-12-22(13-9-15)18(24)14-6-10-23(11-7-14)19-21-16-4-2-3-5-17(16)25-19/h2-5,14-15,20H,6-13H2,1H3. The van der Waals surface area contributed by atoms with E-state index in [-0.39, 0.29) is 5.92 Å². The average Bonchev–Trinajstić information content (AvgIpc) is 3.12. The molecule has 0 spiro atoms. The Hall–Kier alpha value is -2.08. The third-order valence-corrected chi connectivity index (χ3v) is 5.61. The molecule has 3 heterocycles. The van der Waals surface area contributed by atoms with Gasteiger partial charge in [0.2, 0.25) is 5.91 Å². The van der Waals surface area contributed by atoms with Crippen molar-refractivity contribution >= 4 is 23.0 Å². The lowest BCUT2D eigenvalue weighted by atomic mass is 9.94. The molecule has 2 fully saturated rings. The average molecular weight is 342 g/mol. The van der Waals surface area contributed by atoms with Crippen molar-refractivity contribution in [2.45, 2.75) is 31.7 Å². The zero-order chi connectivity index (χ0) is 17.2. The fourth-order valence-electron chi connectivity index (χ4n) is 3.96. The molecule has 1 aromatic heterocycles. The van der Waals surface area contributed by atoms with Gasteiger partial charge in [0, 0.05) is 38.1 Å². The van der Waals surface area contributed by atoms with Crippen LogP contribution in [-0.4, -0.2) is 55.1 Å². The molecule has 2 aliphatic rings. The number of hydrogen-bond acceptors (Lipinski definition) is 5. The summed E-state index contributed by atoms with van der Waals surface area (Å²) in [6.07, 6.45) is 3.88. The minimum Gasteiger partial charge on any atom is -0.423 e. The second kappa shape index (κ2) is 7.04. The molecule has 25 heavy (non-hydrogen) atoms. The molecule has 6 heteroatoms. The van der Waals surface area contributed by atoms with Crippen LogP contribution in [0.5, 0.6) is 0 Å². The van der Waals surface area contributed by atoms with Gasteiger partial charge in [-0.25, -0.2) is 0 Å². The number of amides is 1. The molecular formula is C19H26N4O2. The highest BCUT2D eigenvalue weighted by atomic mass is 16.4. The third-order valence-electron chi connectivity index (χ3n) is 5.61. The van der Waals surface area contributed by atoms with E-state index in [4.69, 9.17) is 4.42 Å². The van der Waals surface area contributed by atoms with Crippen molar-refractivity contribution in [3.8, 4) is 0 Å². The SMILES string of the molecule is CNC1CCN(C(=O)C2CCN(c3nc4ccccc4o3)CC2)CC1. The van der Waals surface area contributed by atoms with Crippen LogP contribution in [0.2, 0.25) is 0 Å². The summed E-state index contributed by atoms with van der Waals surface area (Å²) in [5, 5.41) is 3.32. The van der Waals surface area contributed by atoms with Gasteiger partial charge in [-0.2, -0.15) is 4.98 Å². The molecule has 6 nitrogen and oxygen atoms in total. The van der Waals surface area contributed by atoms with E-state index in [1.54, 1.807) is 0 Å². The van der Waals surface area contributed by atoms with E-state index in [0.29, 0.717) is 18.0 Å². The molecule has 4 rings (SSSR count). The topological polar surface area (TPSA) is 61.6 Å². The largest absolute Gasteiger partial charge is 0.423 e. The first-order valence-corrected chi connectivity index (χ1v) is 9.31. The Morgan fingerprint density at radius 1 is 1.12 bits per heavy atom. The van der Waals surface area contributed by atoms with Gasteiger partial charge in [0.25, 0.3) is 6.01 Å². The van der Waals surface area contributed by atoms with Gasteiger partial charge in [-0.1, -0.05) is 12.1 Å². The fraction of sp³-hybridized carbons (Fsp3) is 0.579. The van der Waals surface area contributed by atoms with Crippen molar-refractivity contribution in [1.29, 1.82) is 0 Å². The number of nitrogens with one attached hydrogen (secondary N) is 1. The summed E-state index contributed by atoms with van der Waals surface area (Å²) in [7, 11) is 2.00. The molecule has 0 saturated carbocycles. The molecule has 1 amide bonds. The molecule has 0 aliphatic carbocycles. The van der Waals surface area contributed by atoms with E-state index in [0.717, 1.165) is 63.0 Å². The molecule has 1 N–H and O–H groups in total. The summed E-state index contributed by atoms with van der Waals surface area (Å²) in [4.78, 5) is 21.6. The van der Waals surface area contributed by atoms with E-state index >= 15 is 0 Å². The minimum atomic E-state index is 0.145. The minimum absolute atomic E-state index is 0.145. The molecule has 0 radical (unpaired) electrons. The number of para-hydroxylation sites is 2. The Morgan fingerprint density at radius 3 is 2.52 bits per heavy atom. The second-order valence-corrected chi connectivity index (χ2v) is 7.11. The Kier molecular flexibility index (Phi) is 4.61. The molecule has 2 saturated heterocycles. The molecule has 2 aromatic rings. The molecule has 1 aromatic carbocycles. The zero-order valence-corrected chi connectivity index (χ0v) is 14.8. The van der Waals surface area contributed by atoms with Gasteiger partial charge in [0.15, 0.2) is 5.58 Å². The highest BCUT2D eigenvalue weighted by Crippen LogP contribution is 2.27. The van der Waals surface area contributed by atoms with Crippen LogP contribution in [0.4, 0.5) is 6.01 Å². The summed E-state index contributed by atoms with van der Waals surface area (Å²) in [6, 6.07) is 9.08. The van der Waals surface area contributed by atoms with E-state index in [2.05, 4.69) is 20.1 Å². The lowest BCUT2D eigenvalue weighted by molar-refractivity contribution is -0.137. The first kappa shape index (κ1) is 16.4. The maximum atomic E-state index is 12.8. The van der Waals surface area contributed by atoms with Crippen LogP contribution in [0, 0.1) is 5.92 Å². The summed E-state index contributed by atoms with van der Waals surface area (Å²) in [6.45, 7) is 3.43. The molecule has 0 unspecified atom stereocenters. The number of likely N-dealkylation sites (tertiary alicyclic amines) is 1. The van der Waals surface area contributed by atoms with Gasteiger partial charge in [0.05, 0.1) is 0 Å². The first-order chi connectivity index (χ1) is 12.2. The third kappa shape index (κ3) is 3.35. The maximum absolute atomic E-state index is 12.8. The van der Waals surface area contributed by atoms with Crippen molar-refractivity contribution in [2.75, 3.05) is 38.1 Å². The van der Waals surface area contributed by atoms with Crippen LogP contribution >= 0.6 is 0 Å². The normalized spacial score (nSPS) is 20.4. The molecule has 134 valence electrons. The van der Waals surface area contributed by atoms with Crippen molar-refractivity contribution in [3.05, 3.63) is 24.3 Å². The van der Waals surface area contributed by atoms with Crippen molar-refractivity contribution in [3.63, 3.8) is 0 Å². The number of benzene rings is 1. The van der Waals surface area contributed by atoms with Crippen LogP contribution in [0.15, 0.2) is 28.7 Å². The van der Waals surface area contributed by atoms with Crippen molar-refractivity contribution in [2.24, 2.45) is 5.92 Å². The number of carbonyl (C=O) groups excluding carboxylic acids is 1. The Morgan fingerprint density at radius 2 is 1.84 bits per heavy atom. The number of fused-ring (bicyclic) bond motifs is 1. The number of oxazole rings is 1. The van der Waals surface area contributed by atoms with E-state index in [1.807, 2.05) is 31.3 Å². The number of rotatable bonds is 3. The first-order valence-electron chi connectivity index (χ1n) is 9.31. The lowest BCUT2D eigenvalue weighted by Crippen LogP contribution is -2.48. The molecule has 0 bridgehead atoms. The van der Waals surface area contributed by atoms with Gasteiger partial charge in [-0.15, -0.1) is 0 Å². The monoisotopic (exact) mass is 342 g/mol. The highest BCUT2D eigenvalue weighted by molar-refractivity contribution is 5.79. The van der Waals surface area contributed by atoms with Crippen LogP contribution < -0.4 is 10.2 Å². The Labute approximate surface area is 148 Å². The van der Waals surface area contributed by atoms with Crippen LogP contribution in [0.3, 0.4) is 0 Å². The molecule has 0 atom stereocenters. The predicted molar refractivity (Wildman–Crippen MR) is 97.6 cm³/mol. The van der Waals surface area contributed by atoms with Gasteiger partial charge in [-0.05, 0) is 44.9 Å². The van der Waals surface area contributed by atoms with Crippen LogP contribution in [0.25, 0.3) is 11.1 Å². The number of nitrogens with zero attached hydrogens (tertiary/aromatic N) is 3. The second-order valence-electron chi connectivity index (χ2n) is 7.11. The van der Waals surface area contributed by atoms with E-state index in [1.165, 1.54) is 0 Å². The Bertz CT molecular complexity index is 695. The fourth-order valence-corrected chi connectivity index (χ4v) is 3.96. The van der Waals surface area contributed by atoms with Gasteiger partial charge in [-0.3, -0.25) is 4.79 Å². The van der Waals surface area contributed by atoms with Gasteiger partial charge in [0.1, 0.15) is 5.52 Å². The van der Waals surface area contributed by atoms with E-state index in [9.17, 15) is 4.79 Å². The summed E-state index contributed by atoms with van der Waals surface area (Å²) in [5.41, 5.74) is 1.71. The maximum Gasteiger partial charge on any atom is 0.298 e. The van der Waals surface area contributed by atoms with E-state index < -0.39 is 0 Å². The predicted octanol–water partition coefficient (Wildman–Crippen LogP) is 2.25. The van der Waals surface area contributed by atoms with Crippen molar-refractivity contribution < 1.29 is 9.21 Å². The molecular weight excluding hydrogens is 316 g/mol. The lowest BCUT2D eigenvalue weighted by Gasteiger charge is -2.36. The smallest absolute Gasteiger partial charge is 0.298 e. The van der Waals surface area contributed by atoms with Crippen LogP contribution in [-0.2, 0) is 4.79 Å². The highest BCUT2D eigenvalue weighted by Gasteiger charge is 2.31. The quantitative estimate of drug-likeness (QED) is 0.927. The zero-order valence-electron chi connectivity index (χ0n) is 14.8. The van der Waals surface area contributed by atoms with Crippen molar-refractivity contribution in [1.82, 2.24) is 15.2 Å². The summed E-state index contributed by atoms with van der Waals surface area (Å²) < 4.78 is 5.86. The van der Waals surface area contributed by atoms with Gasteiger partial charge >= 0.3 is 0 Å². The molecule has 2 aliphatic heterocycles. The number of carbonyl (C=O) groups is 1. The number of hydrogen-bond donors (Lipinski definition) is 1.